The van der Waals surface area contributed by atoms with Crippen LogP contribution in [0.2, 0.25) is 0 Å². The highest BCUT2D eigenvalue weighted by atomic mass is 16.5. The molecule has 142 valence electrons. The first kappa shape index (κ1) is 19.0. The molecule has 2 aromatic carbocycles. The quantitative estimate of drug-likeness (QED) is 0.827. The number of nitrogens with one attached hydrogen (secondary N) is 1. The molecule has 0 saturated carbocycles. The zero-order valence-electron chi connectivity index (χ0n) is 15.9. The van der Waals surface area contributed by atoms with Crippen molar-refractivity contribution in [3.8, 4) is 5.75 Å². The molecule has 1 unspecified atom stereocenters. The van der Waals surface area contributed by atoms with E-state index >= 15 is 0 Å². The maximum atomic E-state index is 12.7. The second-order valence-electron chi connectivity index (χ2n) is 6.86. The lowest BCUT2D eigenvalue weighted by atomic mass is 10.1. The summed E-state index contributed by atoms with van der Waals surface area (Å²) in [6, 6.07) is 14.3. The number of ether oxygens (including phenoxy) is 1. The monoisotopic (exact) mass is 366 g/mol. The van der Waals surface area contributed by atoms with Crippen LogP contribution in [0, 0.1) is 0 Å². The summed E-state index contributed by atoms with van der Waals surface area (Å²) in [5.41, 5.74) is 1.56. The zero-order valence-corrected chi connectivity index (χ0v) is 15.9. The first-order valence-electron chi connectivity index (χ1n) is 9.55. The second-order valence-corrected chi connectivity index (χ2v) is 6.86. The Morgan fingerprint density at radius 2 is 1.85 bits per heavy atom. The van der Waals surface area contributed by atoms with Gasteiger partial charge in [-0.1, -0.05) is 25.1 Å². The van der Waals surface area contributed by atoms with Crippen molar-refractivity contribution in [1.29, 1.82) is 0 Å². The van der Waals surface area contributed by atoms with E-state index in [2.05, 4.69) is 12.2 Å². The molecule has 1 heterocycles. The zero-order chi connectivity index (χ0) is 19.2. The number of likely N-dealkylation sites (tertiary alicyclic amines) is 1. The van der Waals surface area contributed by atoms with Crippen LogP contribution in [0.25, 0.3) is 0 Å². The molecule has 0 bridgehead atoms. The molecular formula is C22H26N2O3. The van der Waals surface area contributed by atoms with E-state index in [9.17, 15) is 9.59 Å². The molecule has 5 heteroatoms. The van der Waals surface area contributed by atoms with Gasteiger partial charge in [0.15, 0.2) is 0 Å². The Morgan fingerprint density at radius 1 is 1.11 bits per heavy atom. The number of rotatable bonds is 6. The summed E-state index contributed by atoms with van der Waals surface area (Å²) in [6.07, 6.45) is 3.04. The van der Waals surface area contributed by atoms with Gasteiger partial charge in [0.1, 0.15) is 5.75 Å². The van der Waals surface area contributed by atoms with Gasteiger partial charge in [-0.15, -0.1) is 0 Å². The number of benzene rings is 2. The highest BCUT2D eigenvalue weighted by Crippen LogP contribution is 2.22. The number of anilines is 1. The number of carbonyl (C=O) groups is 2. The number of hydrogen-bond donors (Lipinski definition) is 1. The van der Waals surface area contributed by atoms with Gasteiger partial charge in [0.2, 0.25) is 0 Å². The lowest BCUT2D eigenvalue weighted by Crippen LogP contribution is -2.28. The van der Waals surface area contributed by atoms with Crippen molar-refractivity contribution < 1.29 is 14.3 Å². The van der Waals surface area contributed by atoms with Crippen molar-refractivity contribution in [1.82, 2.24) is 4.90 Å². The number of carbonyl (C=O) groups excluding carboxylic acids is 2. The molecule has 27 heavy (non-hydrogen) atoms. The standard InChI is InChI=1S/C22H26N2O3/c1-3-16(2)27-18-10-8-9-17(15-18)21(25)23-20-12-5-4-11-19(20)22(26)24-13-6-7-14-24/h4-5,8-12,15-16H,3,6-7,13-14H2,1-2H3,(H,23,25). The van der Waals surface area contributed by atoms with Crippen molar-refractivity contribution >= 4 is 17.5 Å². The molecule has 2 amide bonds. The van der Waals surface area contributed by atoms with Crippen LogP contribution in [0.1, 0.15) is 53.8 Å². The summed E-state index contributed by atoms with van der Waals surface area (Å²) in [5.74, 6) is 0.377. The van der Waals surface area contributed by atoms with Crippen molar-refractivity contribution in [3.63, 3.8) is 0 Å². The van der Waals surface area contributed by atoms with Gasteiger partial charge in [-0.25, -0.2) is 0 Å². The van der Waals surface area contributed by atoms with Gasteiger partial charge in [-0.3, -0.25) is 9.59 Å². The summed E-state index contributed by atoms with van der Waals surface area (Å²) in [5, 5.41) is 2.88. The minimum atomic E-state index is -0.258. The van der Waals surface area contributed by atoms with Crippen molar-refractivity contribution in [2.75, 3.05) is 18.4 Å². The molecular weight excluding hydrogens is 340 g/mol. The molecule has 1 fully saturated rings. The summed E-state index contributed by atoms with van der Waals surface area (Å²) in [4.78, 5) is 27.3. The van der Waals surface area contributed by atoms with Crippen molar-refractivity contribution in [2.45, 2.75) is 39.2 Å². The van der Waals surface area contributed by atoms with Crippen LogP contribution in [-0.4, -0.2) is 35.9 Å². The molecule has 1 N–H and O–H groups in total. The molecule has 1 aliphatic heterocycles. The molecule has 0 radical (unpaired) electrons. The van der Waals surface area contributed by atoms with Gasteiger partial charge in [0.25, 0.3) is 11.8 Å². The summed E-state index contributed by atoms with van der Waals surface area (Å²) in [6.45, 7) is 5.59. The number of hydrogen-bond acceptors (Lipinski definition) is 3. The fraction of sp³-hybridized carbons (Fsp3) is 0.364. The van der Waals surface area contributed by atoms with Gasteiger partial charge in [-0.2, -0.15) is 0 Å². The van der Waals surface area contributed by atoms with Crippen LogP contribution in [0.3, 0.4) is 0 Å². The normalized spacial score (nSPS) is 14.7. The van der Waals surface area contributed by atoms with Gasteiger partial charge in [0.05, 0.1) is 17.4 Å². The Kier molecular flexibility index (Phi) is 6.12. The third-order valence-electron chi connectivity index (χ3n) is 4.81. The van der Waals surface area contributed by atoms with Crippen LogP contribution in [0.15, 0.2) is 48.5 Å². The molecule has 5 nitrogen and oxygen atoms in total. The van der Waals surface area contributed by atoms with Crippen LogP contribution < -0.4 is 10.1 Å². The first-order chi connectivity index (χ1) is 13.1. The number of nitrogens with zero attached hydrogens (tertiary/aromatic N) is 1. The second kappa shape index (κ2) is 8.71. The van der Waals surface area contributed by atoms with Crippen LogP contribution in [0.5, 0.6) is 5.75 Å². The summed E-state index contributed by atoms with van der Waals surface area (Å²) < 4.78 is 5.79. The maximum absolute atomic E-state index is 12.7. The average molecular weight is 366 g/mol. The molecule has 0 aromatic heterocycles. The lowest BCUT2D eigenvalue weighted by molar-refractivity contribution is 0.0794. The van der Waals surface area contributed by atoms with E-state index in [0.29, 0.717) is 22.6 Å². The van der Waals surface area contributed by atoms with Crippen LogP contribution in [0.4, 0.5) is 5.69 Å². The minimum Gasteiger partial charge on any atom is -0.491 e. The van der Waals surface area contributed by atoms with E-state index in [1.807, 2.05) is 30.0 Å². The molecule has 1 aliphatic rings. The Bertz CT molecular complexity index is 813. The first-order valence-corrected chi connectivity index (χ1v) is 9.55. The highest BCUT2D eigenvalue weighted by molar-refractivity contribution is 6.09. The fourth-order valence-electron chi connectivity index (χ4n) is 3.09. The van der Waals surface area contributed by atoms with E-state index in [-0.39, 0.29) is 17.9 Å². The molecule has 1 atom stereocenters. The Hall–Kier alpha value is -2.82. The third kappa shape index (κ3) is 4.67. The van der Waals surface area contributed by atoms with Gasteiger partial charge in [-0.05, 0) is 56.5 Å². The number of amides is 2. The van der Waals surface area contributed by atoms with E-state index in [1.54, 1.807) is 30.3 Å². The smallest absolute Gasteiger partial charge is 0.255 e. The lowest BCUT2D eigenvalue weighted by Gasteiger charge is -2.18. The number of para-hydroxylation sites is 1. The van der Waals surface area contributed by atoms with Crippen LogP contribution in [-0.2, 0) is 0 Å². The third-order valence-corrected chi connectivity index (χ3v) is 4.81. The molecule has 2 aromatic rings. The van der Waals surface area contributed by atoms with Crippen molar-refractivity contribution in [2.24, 2.45) is 0 Å². The van der Waals surface area contributed by atoms with Gasteiger partial charge in [0, 0.05) is 18.7 Å². The van der Waals surface area contributed by atoms with Gasteiger partial charge < -0.3 is 15.0 Å². The molecule has 1 saturated heterocycles. The molecule has 3 rings (SSSR count). The largest absolute Gasteiger partial charge is 0.491 e. The Balaban J connectivity index is 1.76. The van der Waals surface area contributed by atoms with Crippen molar-refractivity contribution in [3.05, 3.63) is 59.7 Å². The molecule has 0 aliphatic carbocycles. The van der Waals surface area contributed by atoms with Crippen LogP contribution >= 0.6 is 0 Å². The fourth-order valence-corrected chi connectivity index (χ4v) is 3.09. The highest BCUT2D eigenvalue weighted by Gasteiger charge is 2.22. The van der Waals surface area contributed by atoms with E-state index in [4.69, 9.17) is 4.74 Å². The van der Waals surface area contributed by atoms with E-state index < -0.39 is 0 Å². The predicted molar refractivity (Wildman–Crippen MR) is 106 cm³/mol. The van der Waals surface area contributed by atoms with E-state index in [1.165, 1.54) is 0 Å². The maximum Gasteiger partial charge on any atom is 0.255 e. The molecule has 0 spiro atoms. The SMILES string of the molecule is CCC(C)Oc1cccc(C(=O)Nc2ccccc2C(=O)N2CCCC2)c1. The summed E-state index contributed by atoms with van der Waals surface area (Å²) in [7, 11) is 0. The Labute approximate surface area is 160 Å². The van der Waals surface area contributed by atoms with E-state index in [0.717, 1.165) is 32.4 Å². The summed E-state index contributed by atoms with van der Waals surface area (Å²) >= 11 is 0. The topological polar surface area (TPSA) is 58.6 Å². The minimum absolute atomic E-state index is 0.0303. The predicted octanol–water partition coefficient (Wildman–Crippen LogP) is 4.35. The average Bonchev–Trinajstić information content (AvgIpc) is 3.23. The van der Waals surface area contributed by atoms with Gasteiger partial charge >= 0.3 is 0 Å². The Morgan fingerprint density at radius 3 is 2.59 bits per heavy atom.